The number of benzene rings is 1. The smallest absolute Gasteiger partial charge is 0.221 e. The molecule has 0 fully saturated rings. The zero-order valence-corrected chi connectivity index (χ0v) is 12.4. The number of ether oxygens (including phenoxy) is 1. The molecule has 5 nitrogen and oxygen atoms in total. The molecule has 1 amide bonds. The lowest BCUT2D eigenvalue weighted by atomic mass is 10.1. The summed E-state index contributed by atoms with van der Waals surface area (Å²) in [6.07, 6.45) is 1.02. The Balaban J connectivity index is 2.58. The van der Waals surface area contributed by atoms with E-state index in [9.17, 15) is 9.90 Å². The standard InChI is InChI=1S/C15H24N2O3/c1-4-9-16-10-15(3,19)11-20-14-8-6-5-7-13(14)17-12(2)18/h5-8,16,19H,4,9-11H2,1-3H3,(H,17,18). The zero-order chi connectivity index (χ0) is 15.0. The van der Waals surface area contributed by atoms with E-state index in [1.807, 2.05) is 12.1 Å². The first-order valence-corrected chi connectivity index (χ1v) is 6.87. The van der Waals surface area contributed by atoms with Gasteiger partial charge in [-0.1, -0.05) is 19.1 Å². The number of nitrogens with one attached hydrogen (secondary N) is 2. The second kappa shape index (κ2) is 7.87. The van der Waals surface area contributed by atoms with E-state index >= 15 is 0 Å². The average molecular weight is 280 g/mol. The molecule has 0 aliphatic rings. The monoisotopic (exact) mass is 280 g/mol. The molecule has 0 aliphatic heterocycles. The number of hydrogen-bond donors (Lipinski definition) is 3. The predicted octanol–water partition coefficient (Wildman–Crippen LogP) is 1.77. The molecule has 0 bridgehead atoms. The minimum atomic E-state index is -0.960. The first-order valence-electron chi connectivity index (χ1n) is 6.87. The topological polar surface area (TPSA) is 70.6 Å². The van der Waals surface area contributed by atoms with Crippen molar-refractivity contribution < 1.29 is 14.6 Å². The summed E-state index contributed by atoms with van der Waals surface area (Å²) in [5.74, 6) is 0.399. The number of carbonyl (C=O) groups excluding carboxylic acids is 1. The Bertz CT molecular complexity index is 433. The quantitative estimate of drug-likeness (QED) is 0.635. The van der Waals surface area contributed by atoms with Gasteiger partial charge in [0.2, 0.25) is 5.91 Å². The maximum Gasteiger partial charge on any atom is 0.221 e. The van der Waals surface area contributed by atoms with Crippen molar-refractivity contribution in [2.24, 2.45) is 0 Å². The summed E-state index contributed by atoms with van der Waals surface area (Å²) in [4.78, 5) is 11.1. The number of carbonyl (C=O) groups is 1. The lowest BCUT2D eigenvalue weighted by Crippen LogP contribution is -2.43. The fraction of sp³-hybridized carbons (Fsp3) is 0.533. The molecule has 1 unspecified atom stereocenters. The third-order valence-electron chi connectivity index (χ3n) is 2.67. The largest absolute Gasteiger partial charge is 0.488 e. The van der Waals surface area contributed by atoms with Crippen LogP contribution in [0.4, 0.5) is 5.69 Å². The van der Waals surface area contributed by atoms with Crippen molar-refractivity contribution in [3.05, 3.63) is 24.3 Å². The molecule has 0 saturated heterocycles. The van der Waals surface area contributed by atoms with Gasteiger partial charge < -0.3 is 20.5 Å². The van der Waals surface area contributed by atoms with E-state index in [0.717, 1.165) is 13.0 Å². The Morgan fingerprint density at radius 3 is 2.75 bits per heavy atom. The highest BCUT2D eigenvalue weighted by atomic mass is 16.5. The lowest BCUT2D eigenvalue weighted by Gasteiger charge is -2.24. The summed E-state index contributed by atoms with van der Waals surface area (Å²) < 4.78 is 5.63. The van der Waals surface area contributed by atoms with E-state index in [4.69, 9.17) is 4.74 Å². The van der Waals surface area contributed by atoms with Crippen molar-refractivity contribution in [2.45, 2.75) is 32.8 Å². The molecule has 0 heterocycles. The molecule has 0 aliphatic carbocycles. The average Bonchev–Trinajstić information content (AvgIpc) is 2.37. The van der Waals surface area contributed by atoms with Crippen molar-refractivity contribution in [1.29, 1.82) is 0 Å². The zero-order valence-electron chi connectivity index (χ0n) is 12.4. The van der Waals surface area contributed by atoms with E-state index < -0.39 is 5.60 Å². The first-order chi connectivity index (χ1) is 9.44. The molecule has 1 rings (SSSR count). The highest BCUT2D eigenvalue weighted by Crippen LogP contribution is 2.24. The van der Waals surface area contributed by atoms with Crippen molar-refractivity contribution in [3.63, 3.8) is 0 Å². The third kappa shape index (κ3) is 6.04. The van der Waals surface area contributed by atoms with Crippen molar-refractivity contribution in [1.82, 2.24) is 5.32 Å². The molecule has 3 N–H and O–H groups in total. The van der Waals surface area contributed by atoms with Gasteiger partial charge in [0.1, 0.15) is 18.0 Å². The van der Waals surface area contributed by atoms with Crippen LogP contribution >= 0.6 is 0 Å². The molecular weight excluding hydrogens is 256 g/mol. The van der Waals surface area contributed by atoms with Crippen LogP contribution in [-0.2, 0) is 4.79 Å². The molecule has 0 radical (unpaired) electrons. The van der Waals surface area contributed by atoms with Crippen molar-refractivity contribution >= 4 is 11.6 Å². The van der Waals surface area contributed by atoms with Crippen LogP contribution in [0.3, 0.4) is 0 Å². The minimum Gasteiger partial charge on any atom is -0.488 e. The maximum absolute atomic E-state index is 11.1. The third-order valence-corrected chi connectivity index (χ3v) is 2.67. The van der Waals surface area contributed by atoms with Crippen LogP contribution in [0.2, 0.25) is 0 Å². The number of hydrogen-bond acceptors (Lipinski definition) is 4. The predicted molar refractivity (Wildman–Crippen MR) is 80.0 cm³/mol. The molecule has 0 spiro atoms. The molecule has 0 saturated carbocycles. The first kappa shape index (κ1) is 16.5. The SMILES string of the molecule is CCCNCC(C)(O)COc1ccccc1NC(C)=O. The van der Waals surface area contributed by atoms with Gasteiger partial charge >= 0.3 is 0 Å². The number of aliphatic hydroxyl groups is 1. The van der Waals surface area contributed by atoms with E-state index in [2.05, 4.69) is 17.6 Å². The van der Waals surface area contributed by atoms with Gasteiger partial charge in [0.25, 0.3) is 0 Å². The summed E-state index contributed by atoms with van der Waals surface area (Å²) in [6.45, 7) is 6.71. The lowest BCUT2D eigenvalue weighted by molar-refractivity contribution is -0.114. The van der Waals surface area contributed by atoms with Crippen LogP contribution < -0.4 is 15.4 Å². The molecule has 1 atom stereocenters. The van der Waals surface area contributed by atoms with Gasteiger partial charge in [-0.2, -0.15) is 0 Å². The Morgan fingerprint density at radius 1 is 1.40 bits per heavy atom. The van der Waals surface area contributed by atoms with Crippen LogP contribution in [0.5, 0.6) is 5.75 Å². The van der Waals surface area contributed by atoms with Gasteiger partial charge in [-0.3, -0.25) is 4.79 Å². The van der Waals surface area contributed by atoms with E-state index in [1.165, 1.54) is 6.92 Å². The molecule has 20 heavy (non-hydrogen) atoms. The summed E-state index contributed by atoms with van der Waals surface area (Å²) in [5, 5.41) is 16.1. The molecular formula is C15H24N2O3. The number of rotatable bonds is 8. The Hall–Kier alpha value is -1.59. The minimum absolute atomic E-state index is 0.153. The van der Waals surface area contributed by atoms with Crippen molar-refractivity contribution in [2.75, 3.05) is 25.0 Å². The van der Waals surface area contributed by atoms with E-state index in [1.54, 1.807) is 19.1 Å². The molecule has 1 aromatic carbocycles. The summed E-state index contributed by atoms with van der Waals surface area (Å²) >= 11 is 0. The van der Waals surface area contributed by atoms with Crippen LogP contribution in [0.25, 0.3) is 0 Å². The van der Waals surface area contributed by atoms with Crippen molar-refractivity contribution in [3.8, 4) is 5.75 Å². The normalized spacial score (nSPS) is 13.6. The Labute approximate surface area is 120 Å². The Morgan fingerprint density at radius 2 is 2.10 bits per heavy atom. The maximum atomic E-state index is 11.1. The van der Waals surface area contributed by atoms with Gasteiger partial charge in [0, 0.05) is 13.5 Å². The fourth-order valence-electron chi connectivity index (χ4n) is 1.70. The van der Waals surface area contributed by atoms with Crippen LogP contribution in [0.15, 0.2) is 24.3 Å². The van der Waals surface area contributed by atoms with Gasteiger partial charge in [-0.15, -0.1) is 0 Å². The van der Waals surface area contributed by atoms with Crippen LogP contribution in [0.1, 0.15) is 27.2 Å². The van der Waals surface area contributed by atoms with Crippen LogP contribution in [0, 0.1) is 0 Å². The van der Waals surface area contributed by atoms with Gasteiger partial charge in [0.05, 0.1) is 5.69 Å². The van der Waals surface area contributed by atoms with E-state index in [0.29, 0.717) is 18.0 Å². The number of amides is 1. The van der Waals surface area contributed by atoms with Gasteiger partial charge in [-0.05, 0) is 32.0 Å². The molecule has 1 aromatic rings. The van der Waals surface area contributed by atoms with Crippen LogP contribution in [-0.4, -0.2) is 36.3 Å². The summed E-state index contributed by atoms with van der Waals surface area (Å²) in [5.41, 5.74) is -0.351. The Kier molecular flexibility index (Phi) is 6.48. The molecule has 112 valence electrons. The highest BCUT2D eigenvalue weighted by molar-refractivity contribution is 5.90. The number of para-hydroxylation sites is 2. The summed E-state index contributed by atoms with van der Waals surface area (Å²) in [6, 6.07) is 7.17. The second-order valence-corrected chi connectivity index (χ2v) is 5.14. The molecule has 0 aromatic heterocycles. The van der Waals surface area contributed by atoms with Gasteiger partial charge in [-0.25, -0.2) is 0 Å². The van der Waals surface area contributed by atoms with E-state index in [-0.39, 0.29) is 12.5 Å². The highest BCUT2D eigenvalue weighted by Gasteiger charge is 2.21. The van der Waals surface area contributed by atoms with Gasteiger partial charge in [0.15, 0.2) is 0 Å². The summed E-state index contributed by atoms with van der Waals surface area (Å²) in [7, 11) is 0. The fourth-order valence-corrected chi connectivity index (χ4v) is 1.70. The molecule has 5 heteroatoms. The second-order valence-electron chi connectivity index (χ2n) is 5.14. The number of anilines is 1.